The lowest BCUT2D eigenvalue weighted by Crippen LogP contribution is -2.53. The summed E-state index contributed by atoms with van der Waals surface area (Å²) >= 11 is 0. The number of aliphatic carboxylic acids is 1. The highest BCUT2D eigenvalue weighted by Gasteiger charge is 2.60. The maximum atomic E-state index is 12.1. The molecule has 0 spiro atoms. The van der Waals surface area contributed by atoms with Crippen LogP contribution >= 0.6 is 0 Å². The van der Waals surface area contributed by atoms with Gasteiger partial charge < -0.3 is 15.5 Å². The second-order valence-corrected chi connectivity index (χ2v) is 12.0. The number of amides is 1. The summed E-state index contributed by atoms with van der Waals surface area (Å²) in [7, 11) is 0. The number of hydrogen-bond acceptors (Lipinski definition) is 3. The molecule has 1 unspecified atom stereocenters. The minimum atomic E-state index is -1.12. The Bertz CT molecular complexity index is 695. The molecule has 176 valence electrons. The van der Waals surface area contributed by atoms with Crippen LogP contribution in [0.25, 0.3) is 0 Å². The molecule has 5 nitrogen and oxygen atoms in total. The van der Waals surface area contributed by atoms with E-state index in [0.29, 0.717) is 23.2 Å². The zero-order valence-electron chi connectivity index (χ0n) is 19.7. The standard InChI is InChI=1S/C26H43NO4/c1-16(14-22(28)24(31)27-15-23(29)30)19-9-10-20-18-8-7-17-6-4-5-12-25(17,2)21(18)11-13-26(19,20)3/h16-22,28H,4-15H2,1-3H3,(H,27,31)(H,29,30)/t16-,17+,18+,19-,20+,21+,22?,25+,26-/m1/s1. The third kappa shape index (κ3) is 4.05. The number of fused-ring (bicyclic) bond motifs is 5. The smallest absolute Gasteiger partial charge is 0.322 e. The van der Waals surface area contributed by atoms with Gasteiger partial charge in [-0.3, -0.25) is 9.59 Å². The van der Waals surface area contributed by atoms with Crippen LogP contribution in [-0.4, -0.2) is 34.7 Å². The summed E-state index contributed by atoms with van der Waals surface area (Å²) in [6, 6.07) is 0. The molecule has 0 aromatic rings. The highest BCUT2D eigenvalue weighted by molar-refractivity contribution is 5.84. The molecule has 9 atom stereocenters. The fraction of sp³-hybridized carbons (Fsp3) is 0.923. The number of carbonyl (C=O) groups excluding carboxylic acids is 1. The Morgan fingerprint density at radius 3 is 2.45 bits per heavy atom. The van der Waals surface area contributed by atoms with Crippen molar-refractivity contribution in [3.8, 4) is 0 Å². The fourth-order valence-electron chi connectivity index (χ4n) is 9.17. The van der Waals surface area contributed by atoms with Crippen molar-refractivity contribution in [3.63, 3.8) is 0 Å². The lowest BCUT2D eigenvalue weighted by molar-refractivity contribution is -0.140. The van der Waals surface area contributed by atoms with Crippen molar-refractivity contribution in [2.24, 2.45) is 46.3 Å². The molecule has 0 bridgehead atoms. The van der Waals surface area contributed by atoms with Crippen molar-refractivity contribution >= 4 is 11.9 Å². The molecular weight excluding hydrogens is 390 g/mol. The van der Waals surface area contributed by atoms with Gasteiger partial charge in [0.25, 0.3) is 0 Å². The van der Waals surface area contributed by atoms with Crippen molar-refractivity contribution in [1.82, 2.24) is 5.32 Å². The van der Waals surface area contributed by atoms with E-state index in [-0.39, 0.29) is 5.92 Å². The van der Waals surface area contributed by atoms with Gasteiger partial charge in [0, 0.05) is 0 Å². The van der Waals surface area contributed by atoms with E-state index in [1.807, 2.05) is 0 Å². The van der Waals surface area contributed by atoms with Gasteiger partial charge in [0.2, 0.25) is 5.91 Å². The SMILES string of the molecule is C[C@H](CC(O)C(=O)NCC(=O)O)[C@H]1CC[C@H]2[C@@H]3CC[C@@H]4CCCC[C@]4(C)[C@H]3CC[C@]12C. The van der Waals surface area contributed by atoms with Crippen molar-refractivity contribution in [3.05, 3.63) is 0 Å². The predicted molar refractivity (Wildman–Crippen MR) is 120 cm³/mol. The van der Waals surface area contributed by atoms with Crippen LogP contribution < -0.4 is 5.32 Å². The molecule has 5 heteroatoms. The van der Waals surface area contributed by atoms with Crippen LogP contribution in [0.3, 0.4) is 0 Å². The molecule has 0 radical (unpaired) electrons. The number of aliphatic hydroxyl groups is 1. The molecule has 1 amide bonds. The molecule has 0 heterocycles. The molecule has 4 aliphatic rings. The van der Waals surface area contributed by atoms with E-state index in [1.165, 1.54) is 64.2 Å². The number of rotatable bonds is 6. The molecule has 0 aliphatic heterocycles. The summed E-state index contributed by atoms with van der Waals surface area (Å²) in [5, 5.41) is 21.5. The van der Waals surface area contributed by atoms with Crippen LogP contribution in [0.15, 0.2) is 0 Å². The summed E-state index contributed by atoms with van der Waals surface area (Å²) in [5.74, 6) is 2.65. The van der Waals surface area contributed by atoms with Gasteiger partial charge >= 0.3 is 5.97 Å². The van der Waals surface area contributed by atoms with E-state index in [1.54, 1.807) is 0 Å². The molecule has 0 aromatic heterocycles. The van der Waals surface area contributed by atoms with E-state index < -0.39 is 24.5 Å². The molecule has 31 heavy (non-hydrogen) atoms. The predicted octanol–water partition coefficient (Wildman–Crippen LogP) is 4.62. The highest BCUT2D eigenvalue weighted by Crippen LogP contribution is 2.68. The number of carboxylic acid groups (broad SMARTS) is 1. The average Bonchev–Trinajstić information content (AvgIpc) is 3.08. The monoisotopic (exact) mass is 433 g/mol. The van der Waals surface area contributed by atoms with Crippen molar-refractivity contribution in [2.75, 3.05) is 6.54 Å². The molecule has 0 aromatic carbocycles. The van der Waals surface area contributed by atoms with E-state index in [2.05, 4.69) is 26.1 Å². The summed E-state index contributed by atoms with van der Waals surface area (Å²) in [6.45, 7) is 6.89. The molecule has 4 rings (SSSR count). The quantitative estimate of drug-likeness (QED) is 0.570. The lowest BCUT2D eigenvalue weighted by atomic mass is 9.44. The zero-order chi connectivity index (χ0) is 22.4. The maximum absolute atomic E-state index is 12.1. The van der Waals surface area contributed by atoms with Crippen LogP contribution in [0, 0.1) is 46.3 Å². The topological polar surface area (TPSA) is 86.6 Å². The first-order chi connectivity index (χ1) is 14.7. The number of carboxylic acids is 1. The third-order valence-electron chi connectivity index (χ3n) is 10.7. The van der Waals surface area contributed by atoms with Crippen molar-refractivity contribution < 1.29 is 19.8 Å². The second-order valence-electron chi connectivity index (χ2n) is 12.0. The van der Waals surface area contributed by atoms with Gasteiger partial charge in [0.15, 0.2) is 0 Å². The molecule has 3 N–H and O–H groups in total. The van der Waals surface area contributed by atoms with E-state index in [4.69, 9.17) is 5.11 Å². The van der Waals surface area contributed by atoms with Crippen molar-refractivity contribution in [1.29, 1.82) is 0 Å². The first kappa shape index (κ1) is 23.1. The van der Waals surface area contributed by atoms with Crippen molar-refractivity contribution in [2.45, 2.75) is 97.5 Å². The molecule has 4 aliphatic carbocycles. The molecule has 4 saturated carbocycles. The summed E-state index contributed by atoms with van der Waals surface area (Å²) in [5.41, 5.74) is 0.875. The highest BCUT2D eigenvalue weighted by atomic mass is 16.4. The summed E-state index contributed by atoms with van der Waals surface area (Å²) in [6.07, 6.45) is 13.0. The number of carbonyl (C=O) groups is 2. The molecule has 4 fully saturated rings. The minimum Gasteiger partial charge on any atom is -0.480 e. The van der Waals surface area contributed by atoms with Gasteiger partial charge in [0.05, 0.1) is 0 Å². The molecule has 0 saturated heterocycles. The van der Waals surface area contributed by atoms with Gasteiger partial charge in [-0.2, -0.15) is 0 Å². The first-order valence-electron chi connectivity index (χ1n) is 12.8. The van der Waals surface area contributed by atoms with Crippen LogP contribution in [0.5, 0.6) is 0 Å². The molecular formula is C26H43NO4. The Morgan fingerprint density at radius 2 is 1.71 bits per heavy atom. The number of nitrogens with one attached hydrogen (secondary N) is 1. The minimum absolute atomic E-state index is 0.263. The summed E-state index contributed by atoms with van der Waals surface area (Å²) < 4.78 is 0. The average molecular weight is 434 g/mol. The van der Waals surface area contributed by atoms with Crippen LogP contribution in [-0.2, 0) is 9.59 Å². The van der Waals surface area contributed by atoms with Gasteiger partial charge in [-0.1, -0.05) is 33.6 Å². The second kappa shape index (κ2) is 8.68. The fourth-order valence-corrected chi connectivity index (χ4v) is 9.17. The number of hydrogen-bond donors (Lipinski definition) is 3. The summed E-state index contributed by atoms with van der Waals surface area (Å²) in [4.78, 5) is 22.8. The Morgan fingerprint density at radius 1 is 0.968 bits per heavy atom. The Balaban J connectivity index is 1.42. The third-order valence-corrected chi connectivity index (χ3v) is 10.7. The van der Waals surface area contributed by atoms with Crippen LogP contribution in [0.1, 0.15) is 91.4 Å². The van der Waals surface area contributed by atoms with Gasteiger partial charge in [-0.25, -0.2) is 0 Å². The van der Waals surface area contributed by atoms with Gasteiger partial charge in [0.1, 0.15) is 12.6 Å². The maximum Gasteiger partial charge on any atom is 0.322 e. The Kier molecular flexibility index (Phi) is 6.46. The van der Waals surface area contributed by atoms with E-state index >= 15 is 0 Å². The van der Waals surface area contributed by atoms with Crippen LogP contribution in [0.2, 0.25) is 0 Å². The number of aliphatic hydroxyl groups excluding tert-OH is 1. The first-order valence-corrected chi connectivity index (χ1v) is 12.8. The Hall–Kier alpha value is -1.10. The Labute approximate surface area is 187 Å². The normalized spacial score (nSPS) is 43.8. The van der Waals surface area contributed by atoms with E-state index in [9.17, 15) is 14.7 Å². The lowest BCUT2D eigenvalue weighted by Gasteiger charge is -2.61. The van der Waals surface area contributed by atoms with Gasteiger partial charge in [-0.05, 0) is 104 Å². The van der Waals surface area contributed by atoms with Gasteiger partial charge in [-0.15, -0.1) is 0 Å². The van der Waals surface area contributed by atoms with Crippen LogP contribution in [0.4, 0.5) is 0 Å². The zero-order valence-corrected chi connectivity index (χ0v) is 19.7. The largest absolute Gasteiger partial charge is 0.480 e. The van der Waals surface area contributed by atoms with E-state index in [0.717, 1.165) is 23.7 Å².